The van der Waals surface area contributed by atoms with Crippen molar-refractivity contribution < 1.29 is 22.6 Å². The molecule has 0 aromatic carbocycles. The molecule has 1 aliphatic carbocycles. The number of rotatable bonds is 10. The maximum absolute atomic E-state index is 13.0. The lowest BCUT2D eigenvalue weighted by molar-refractivity contribution is -0.139. The third-order valence-corrected chi connectivity index (χ3v) is 4.88. The fourth-order valence-corrected chi connectivity index (χ4v) is 3.11. The molecule has 1 aromatic rings. The highest BCUT2D eigenvalue weighted by Crippen LogP contribution is 2.44. The molecule has 0 saturated heterocycles. The Kier molecular flexibility index (Phi) is 8.35. The summed E-state index contributed by atoms with van der Waals surface area (Å²) in [5.74, 6) is 0.221. The van der Waals surface area contributed by atoms with Crippen LogP contribution in [0.4, 0.5) is 13.2 Å². The Hall–Kier alpha value is -2.03. The third kappa shape index (κ3) is 6.54. The number of guanidine groups is 1. The second kappa shape index (κ2) is 10.5. The number of nitrogens with zero attached hydrogens (tertiary/aromatic N) is 2. The molecule has 0 unspecified atom stereocenters. The van der Waals surface area contributed by atoms with E-state index >= 15 is 0 Å². The second-order valence-electron chi connectivity index (χ2n) is 6.92. The number of ether oxygens (including phenoxy) is 2. The molecule has 9 heteroatoms. The fraction of sp³-hybridized carbons (Fsp3) is 0.684. The molecule has 0 spiro atoms. The third-order valence-electron chi connectivity index (χ3n) is 4.88. The topological polar surface area (TPSA) is 67.8 Å². The first-order valence-corrected chi connectivity index (χ1v) is 9.56. The van der Waals surface area contributed by atoms with E-state index in [9.17, 15) is 13.2 Å². The van der Waals surface area contributed by atoms with Gasteiger partial charge in [0.2, 0.25) is 5.88 Å². The van der Waals surface area contributed by atoms with E-state index in [1.165, 1.54) is 18.7 Å². The largest absolute Gasteiger partial charge is 0.475 e. The second-order valence-corrected chi connectivity index (χ2v) is 6.92. The molecule has 1 saturated carbocycles. The molecule has 158 valence electrons. The number of aliphatic imine (C=N–C) groups is 1. The highest BCUT2D eigenvalue weighted by atomic mass is 19.4. The molecule has 1 aromatic heterocycles. The van der Waals surface area contributed by atoms with E-state index in [4.69, 9.17) is 9.47 Å². The highest BCUT2D eigenvalue weighted by molar-refractivity contribution is 5.79. The van der Waals surface area contributed by atoms with Gasteiger partial charge >= 0.3 is 6.18 Å². The van der Waals surface area contributed by atoms with Crippen LogP contribution in [0.15, 0.2) is 23.3 Å². The van der Waals surface area contributed by atoms with Crippen molar-refractivity contribution in [2.45, 2.75) is 38.8 Å². The number of hydrogen-bond donors (Lipinski definition) is 2. The first-order chi connectivity index (χ1) is 13.4. The Bertz CT molecular complexity index is 634. The summed E-state index contributed by atoms with van der Waals surface area (Å²) in [5.41, 5.74) is -0.676. The van der Waals surface area contributed by atoms with Crippen LogP contribution in [-0.4, -0.2) is 50.9 Å². The zero-order valence-corrected chi connectivity index (χ0v) is 16.4. The van der Waals surface area contributed by atoms with Crippen molar-refractivity contribution in [3.63, 3.8) is 0 Å². The molecule has 28 heavy (non-hydrogen) atoms. The quantitative estimate of drug-likeness (QED) is 0.357. The minimum absolute atomic E-state index is 0.0410. The van der Waals surface area contributed by atoms with Crippen molar-refractivity contribution in [1.82, 2.24) is 15.6 Å². The predicted octanol–water partition coefficient (Wildman–Crippen LogP) is 3.24. The van der Waals surface area contributed by atoms with E-state index in [1.807, 2.05) is 6.92 Å². The lowest BCUT2D eigenvalue weighted by atomic mass is 9.67. The van der Waals surface area contributed by atoms with Crippen LogP contribution >= 0.6 is 0 Å². The summed E-state index contributed by atoms with van der Waals surface area (Å²) < 4.78 is 49.3. The molecule has 0 amide bonds. The predicted molar refractivity (Wildman–Crippen MR) is 101 cm³/mol. The average Bonchev–Trinajstić information content (AvgIpc) is 2.63. The molecular weight excluding hydrogens is 373 g/mol. The van der Waals surface area contributed by atoms with Crippen molar-refractivity contribution in [2.75, 3.05) is 40.0 Å². The van der Waals surface area contributed by atoms with E-state index in [2.05, 4.69) is 20.6 Å². The van der Waals surface area contributed by atoms with Gasteiger partial charge in [0.1, 0.15) is 12.2 Å². The summed E-state index contributed by atoms with van der Waals surface area (Å²) in [6.07, 6.45) is 1.26. The Morgan fingerprint density at radius 2 is 2.07 bits per heavy atom. The van der Waals surface area contributed by atoms with Crippen molar-refractivity contribution in [1.29, 1.82) is 0 Å². The molecule has 0 bridgehead atoms. The average molecular weight is 402 g/mol. The normalized spacial score (nSPS) is 16.4. The van der Waals surface area contributed by atoms with Crippen molar-refractivity contribution in [2.24, 2.45) is 10.4 Å². The number of pyridine rings is 1. The lowest BCUT2D eigenvalue weighted by Crippen LogP contribution is -2.41. The Labute approximate surface area is 163 Å². The van der Waals surface area contributed by atoms with Gasteiger partial charge in [0.15, 0.2) is 5.96 Å². The van der Waals surface area contributed by atoms with Crippen LogP contribution in [0.3, 0.4) is 0 Å². The molecule has 1 heterocycles. The maximum atomic E-state index is 13.0. The molecular formula is C19H29F3N4O2. The van der Waals surface area contributed by atoms with Crippen LogP contribution in [0.5, 0.6) is 5.88 Å². The van der Waals surface area contributed by atoms with E-state index < -0.39 is 17.6 Å². The molecule has 0 atom stereocenters. The lowest BCUT2D eigenvalue weighted by Gasteiger charge is -2.40. The smallest absolute Gasteiger partial charge is 0.421 e. The van der Waals surface area contributed by atoms with Crippen LogP contribution in [0.1, 0.15) is 38.2 Å². The van der Waals surface area contributed by atoms with Gasteiger partial charge in [-0.25, -0.2) is 4.98 Å². The van der Waals surface area contributed by atoms with Gasteiger partial charge in [-0.2, -0.15) is 13.2 Å². The minimum Gasteiger partial charge on any atom is -0.475 e. The van der Waals surface area contributed by atoms with E-state index in [-0.39, 0.29) is 12.0 Å². The number of halogens is 3. The molecule has 0 aliphatic heterocycles. The zero-order valence-electron chi connectivity index (χ0n) is 16.4. The van der Waals surface area contributed by atoms with Gasteiger partial charge in [0.05, 0.1) is 6.54 Å². The standard InChI is InChI=1S/C19H29F3N4O2/c1-3-23-17(26-14-18(7-5-8-18)9-12-27-2)25-11-13-28-16-15(19(20,21)22)6-4-10-24-16/h4,6,10H,3,5,7-9,11-14H2,1-2H3,(H2,23,25,26). The number of nitrogens with one attached hydrogen (secondary N) is 2. The van der Waals surface area contributed by atoms with E-state index in [0.717, 1.165) is 31.9 Å². The summed E-state index contributed by atoms with van der Waals surface area (Å²) in [6, 6.07) is 2.20. The van der Waals surface area contributed by atoms with Gasteiger partial charge in [0, 0.05) is 33.0 Å². The number of methoxy groups -OCH3 is 1. The zero-order chi connectivity index (χ0) is 20.5. The number of alkyl halides is 3. The van der Waals surface area contributed by atoms with Gasteiger partial charge in [0.25, 0.3) is 0 Å². The van der Waals surface area contributed by atoms with Gasteiger partial charge in [-0.15, -0.1) is 0 Å². The number of hydrogen-bond acceptors (Lipinski definition) is 4. The fourth-order valence-electron chi connectivity index (χ4n) is 3.11. The van der Waals surface area contributed by atoms with Crippen molar-refractivity contribution in [3.05, 3.63) is 23.9 Å². The summed E-state index contributed by atoms with van der Waals surface area (Å²) in [6.45, 7) is 4.42. The van der Waals surface area contributed by atoms with Crippen LogP contribution in [-0.2, 0) is 10.9 Å². The molecule has 0 radical (unpaired) electrons. The van der Waals surface area contributed by atoms with Gasteiger partial charge in [-0.1, -0.05) is 6.42 Å². The minimum atomic E-state index is -4.49. The molecule has 1 fully saturated rings. The SMILES string of the molecule is CCNC(=NCC1(CCOC)CCC1)NCCOc1ncccc1C(F)(F)F. The molecule has 1 aliphatic rings. The van der Waals surface area contributed by atoms with Gasteiger partial charge in [-0.05, 0) is 43.7 Å². The molecule has 6 nitrogen and oxygen atoms in total. The van der Waals surface area contributed by atoms with Crippen LogP contribution in [0.2, 0.25) is 0 Å². The number of aromatic nitrogens is 1. The van der Waals surface area contributed by atoms with Crippen molar-refractivity contribution >= 4 is 5.96 Å². The van der Waals surface area contributed by atoms with Crippen LogP contribution in [0, 0.1) is 5.41 Å². The van der Waals surface area contributed by atoms with Crippen molar-refractivity contribution in [3.8, 4) is 5.88 Å². The maximum Gasteiger partial charge on any atom is 0.421 e. The monoisotopic (exact) mass is 402 g/mol. The Balaban J connectivity index is 1.85. The summed E-state index contributed by atoms with van der Waals surface area (Å²) in [7, 11) is 1.70. The Morgan fingerprint density at radius 3 is 2.68 bits per heavy atom. The molecule has 2 rings (SSSR count). The van der Waals surface area contributed by atoms with E-state index in [1.54, 1.807) is 7.11 Å². The first-order valence-electron chi connectivity index (χ1n) is 9.56. The van der Waals surface area contributed by atoms with Crippen LogP contribution < -0.4 is 15.4 Å². The highest BCUT2D eigenvalue weighted by Gasteiger charge is 2.36. The summed E-state index contributed by atoms with van der Waals surface area (Å²) >= 11 is 0. The van der Waals surface area contributed by atoms with E-state index in [0.29, 0.717) is 25.6 Å². The first kappa shape index (κ1) is 22.3. The Morgan fingerprint density at radius 1 is 1.29 bits per heavy atom. The van der Waals surface area contributed by atoms with Gasteiger partial charge < -0.3 is 20.1 Å². The summed E-state index contributed by atoms with van der Waals surface area (Å²) in [4.78, 5) is 8.34. The van der Waals surface area contributed by atoms with Gasteiger partial charge in [-0.3, -0.25) is 4.99 Å². The summed E-state index contributed by atoms with van der Waals surface area (Å²) in [5, 5.41) is 6.25. The van der Waals surface area contributed by atoms with Crippen LogP contribution in [0.25, 0.3) is 0 Å². The molecule has 2 N–H and O–H groups in total.